The van der Waals surface area contributed by atoms with E-state index in [1.54, 1.807) is 43.3 Å². The van der Waals surface area contributed by atoms with Gasteiger partial charge in [0, 0.05) is 17.7 Å². The highest BCUT2D eigenvalue weighted by molar-refractivity contribution is 6.06. The third-order valence-corrected chi connectivity index (χ3v) is 3.16. The van der Waals surface area contributed by atoms with Crippen LogP contribution in [-0.4, -0.2) is 18.4 Å². The quantitative estimate of drug-likeness (QED) is 0.855. The van der Waals surface area contributed by atoms with E-state index in [1.807, 2.05) is 19.1 Å². The van der Waals surface area contributed by atoms with Crippen molar-refractivity contribution in [1.29, 1.82) is 0 Å². The summed E-state index contributed by atoms with van der Waals surface area (Å²) >= 11 is 0. The van der Waals surface area contributed by atoms with Crippen molar-refractivity contribution < 1.29 is 14.3 Å². The molecule has 0 aliphatic rings. The topological polar surface area (TPSA) is 67.4 Å². The Labute approximate surface area is 135 Å². The lowest BCUT2D eigenvalue weighted by Crippen LogP contribution is -2.14. The monoisotopic (exact) mass is 312 g/mol. The first kappa shape index (κ1) is 16.5. The van der Waals surface area contributed by atoms with Gasteiger partial charge in [0.05, 0.1) is 12.3 Å². The number of hydrogen-bond acceptors (Lipinski definition) is 3. The van der Waals surface area contributed by atoms with E-state index in [1.165, 1.54) is 0 Å². The standard InChI is InChI=1S/C18H20N2O3/c1-3-17(21)19-14-9-7-8-13(12-14)18(22)20-15-10-5-6-11-16(15)23-4-2/h5-12H,3-4H2,1-2H3,(H,19,21)(H,20,22). The summed E-state index contributed by atoms with van der Waals surface area (Å²) in [4.78, 5) is 23.8. The highest BCUT2D eigenvalue weighted by Gasteiger charge is 2.10. The lowest BCUT2D eigenvalue weighted by Gasteiger charge is -2.12. The van der Waals surface area contributed by atoms with Gasteiger partial charge in [-0.3, -0.25) is 9.59 Å². The van der Waals surface area contributed by atoms with Crippen molar-refractivity contribution in [2.75, 3.05) is 17.2 Å². The first-order valence-corrected chi connectivity index (χ1v) is 7.57. The van der Waals surface area contributed by atoms with Gasteiger partial charge in [0.25, 0.3) is 5.91 Å². The number of benzene rings is 2. The van der Waals surface area contributed by atoms with E-state index in [4.69, 9.17) is 4.74 Å². The van der Waals surface area contributed by atoms with Gasteiger partial charge in [0.2, 0.25) is 5.91 Å². The van der Waals surface area contributed by atoms with E-state index in [9.17, 15) is 9.59 Å². The fraction of sp³-hybridized carbons (Fsp3) is 0.222. The Morgan fingerprint density at radius 1 is 1.00 bits per heavy atom. The molecule has 2 rings (SSSR count). The van der Waals surface area contributed by atoms with Crippen LogP contribution in [0.1, 0.15) is 30.6 Å². The molecule has 0 fully saturated rings. The van der Waals surface area contributed by atoms with Gasteiger partial charge in [-0.05, 0) is 37.3 Å². The van der Waals surface area contributed by atoms with Gasteiger partial charge >= 0.3 is 0 Å². The molecule has 5 heteroatoms. The number of amides is 2. The molecule has 0 atom stereocenters. The molecule has 0 aromatic heterocycles. The molecule has 0 heterocycles. The van der Waals surface area contributed by atoms with Crippen LogP contribution in [0.3, 0.4) is 0 Å². The third-order valence-electron chi connectivity index (χ3n) is 3.16. The van der Waals surface area contributed by atoms with Crippen LogP contribution in [0.4, 0.5) is 11.4 Å². The third kappa shape index (κ3) is 4.57. The molecule has 0 saturated heterocycles. The molecule has 2 N–H and O–H groups in total. The van der Waals surface area contributed by atoms with Crippen LogP contribution >= 0.6 is 0 Å². The minimum absolute atomic E-state index is 0.0933. The van der Waals surface area contributed by atoms with Crippen LogP contribution in [-0.2, 0) is 4.79 Å². The minimum atomic E-state index is -0.259. The average Bonchev–Trinajstić information content (AvgIpc) is 2.57. The van der Waals surface area contributed by atoms with Crippen LogP contribution in [0, 0.1) is 0 Å². The Balaban J connectivity index is 2.15. The second kappa shape index (κ2) is 7.98. The zero-order valence-corrected chi connectivity index (χ0v) is 13.3. The van der Waals surface area contributed by atoms with Crippen molar-refractivity contribution in [2.45, 2.75) is 20.3 Å². The van der Waals surface area contributed by atoms with Gasteiger partial charge in [-0.2, -0.15) is 0 Å². The second-order valence-electron chi connectivity index (χ2n) is 4.87. The lowest BCUT2D eigenvalue weighted by molar-refractivity contribution is -0.115. The largest absolute Gasteiger partial charge is 0.492 e. The Bertz CT molecular complexity index is 698. The second-order valence-corrected chi connectivity index (χ2v) is 4.87. The van der Waals surface area contributed by atoms with Crippen molar-refractivity contribution in [2.24, 2.45) is 0 Å². The molecule has 0 aliphatic carbocycles. The van der Waals surface area contributed by atoms with E-state index in [0.717, 1.165) is 0 Å². The molecular weight excluding hydrogens is 292 g/mol. The molecule has 2 amide bonds. The Morgan fingerprint density at radius 2 is 1.78 bits per heavy atom. The van der Waals surface area contributed by atoms with Gasteiger partial charge in [-0.1, -0.05) is 25.1 Å². The maximum absolute atomic E-state index is 12.4. The number of ether oxygens (including phenoxy) is 1. The first-order chi connectivity index (χ1) is 11.1. The van der Waals surface area contributed by atoms with E-state index in [-0.39, 0.29) is 11.8 Å². The molecule has 23 heavy (non-hydrogen) atoms. The maximum Gasteiger partial charge on any atom is 0.255 e. The SMILES string of the molecule is CCOc1ccccc1NC(=O)c1cccc(NC(=O)CC)c1. The zero-order valence-electron chi connectivity index (χ0n) is 13.3. The number of para-hydroxylation sites is 2. The van der Waals surface area contributed by atoms with Crippen LogP contribution in [0.2, 0.25) is 0 Å². The molecule has 0 spiro atoms. The highest BCUT2D eigenvalue weighted by Crippen LogP contribution is 2.24. The van der Waals surface area contributed by atoms with E-state index in [0.29, 0.717) is 35.7 Å². The van der Waals surface area contributed by atoms with Crippen molar-refractivity contribution >= 4 is 23.2 Å². The molecule has 2 aromatic carbocycles. The molecule has 0 unspecified atom stereocenters. The maximum atomic E-state index is 12.4. The van der Waals surface area contributed by atoms with Crippen LogP contribution in [0.25, 0.3) is 0 Å². The fourth-order valence-electron chi connectivity index (χ4n) is 2.03. The summed E-state index contributed by atoms with van der Waals surface area (Å²) in [7, 11) is 0. The van der Waals surface area contributed by atoms with Gasteiger partial charge in [0.1, 0.15) is 5.75 Å². The average molecular weight is 312 g/mol. The molecule has 5 nitrogen and oxygen atoms in total. The first-order valence-electron chi connectivity index (χ1n) is 7.57. The smallest absolute Gasteiger partial charge is 0.255 e. The zero-order chi connectivity index (χ0) is 16.7. The Kier molecular flexibility index (Phi) is 5.74. The molecular formula is C18H20N2O3. The molecule has 0 bridgehead atoms. The predicted octanol–water partition coefficient (Wildman–Crippen LogP) is 3.69. The van der Waals surface area contributed by atoms with Gasteiger partial charge < -0.3 is 15.4 Å². The fourth-order valence-corrected chi connectivity index (χ4v) is 2.03. The van der Waals surface area contributed by atoms with Crippen molar-refractivity contribution in [3.8, 4) is 5.75 Å². The van der Waals surface area contributed by atoms with Crippen LogP contribution in [0.15, 0.2) is 48.5 Å². The highest BCUT2D eigenvalue weighted by atomic mass is 16.5. The van der Waals surface area contributed by atoms with E-state index < -0.39 is 0 Å². The number of carbonyl (C=O) groups is 2. The van der Waals surface area contributed by atoms with Crippen LogP contribution in [0.5, 0.6) is 5.75 Å². The normalized spacial score (nSPS) is 10.0. The number of rotatable bonds is 6. The molecule has 0 radical (unpaired) electrons. The number of nitrogens with one attached hydrogen (secondary N) is 2. The summed E-state index contributed by atoms with van der Waals surface area (Å²) in [5.41, 5.74) is 1.68. The van der Waals surface area contributed by atoms with Gasteiger partial charge in [-0.15, -0.1) is 0 Å². The van der Waals surface area contributed by atoms with E-state index >= 15 is 0 Å². The summed E-state index contributed by atoms with van der Waals surface area (Å²) in [5.74, 6) is 0.271. The van der Waals surface area contributed by atoms with Gasteiger partial charge in [-0.25, -0.2) is 0 Å². The van der Waals surface area contributed by atoms with Crippen LogP contribution < -0.4 is 15.4 Å². The predicted molar refractivity (Wildman–Crippen MR) is 90.9 cm³/mol. The Hall–Kier alpha value is -2.82. The molecule has 2 aromatic rings. The summed E-state index contributed by atoms with van der Waals surface area (Å²) in [5, 5.41) is 5.57. The summed E-state index contributed by atoms with van der Waals surface area (Å²) in [6.45, 7) is 4.18. The van der Waals surface area contributed by atoms with Crippen molar-refractivity contribution in [3.05, 3.63) is 54.1 Å². The lowest BCUT2D eigenvalue weighted by atomic mass is 10.1. The number of anilines is 2. The molecule has 0 aliphatic heterocycles. The van der Waals surface area contributed by atoms with E-state index in [2.05, 4.69) is 10.6 Å². The molecule has 0 saturated carbocycles. The van der Waals surface area contributed by atoms with Crippen molar-refractivity contribution in [3.63, 3.8) is 0 Å². The summed E-state index contributed by atoms with van der Waals surface area (Å²) in [6.07, 6.45) is 0.387. The number of carbonyl (C=O) groups excluding carboxylic acids is 2. The van der Waals surface area contributed by atoms with Crippen molar-refractivity contribution in [1.82, 2.24) is 0 Å². The number of hydrogen-bond donors (Lipinski definition) is 2. The van der Waals surface area contributed by atoms with Gasteiger partial charge in [0.15, 0.2) is 0 Å². The Morgan fingerprint density at radius 3 is 2.52 bits per heavy atom. The molecule has 120 valence electrons. The summed E-state index contributed by atoms with van der Waals surface area (Å²) in [6, 6.07) is 14.1. The summed E-state index contributed by atoms with van der Waals surface area (Å²) < 4.78 is 5.49. The minimum Gasteiger partial charge on any atom is -0.492 e.